The second kappa shape index (κ2) is 8.12. The van der Waals surface area contributed by atoms with Crippen LogP contribution in [0, 0.1) is 0 Å². The van der Waals surface area contributed by atoms with E-state index < -0.39 is 0 Å². The predicted octanol–water partition coefficient (Wildman–Crippen LogP) is 3.19. The van der Waals surface area contributed by atoms with Gasteiger partial charge in [-0.3, -0.25) is 5.10 Å². The molecule has 1 saturated heterocycles. The van der Waals surface area contributed by atoms with Crippen LogP contribution in [0.1, 0.15) is 25.5 Å². The molecule has 3 N–H and O–H groups in total. The summed E-state index contributed by atoms with van der Waals surface area (Å²) in [7, 11) is 0. The molecule has 0 unspecified atom stereocenters. The highest BCUT2D eigenvalue weighted by atomic mass is 35.5. The molecule has 0 bridgehead atoms. The maximum atomic E-state index is 6.31. The number of hydrogen-bond donors (Lipinski definition) is 3. The van der Waals surface area contributed by atoms with Crippen molar-refractivity contribution in [2.24, 2.45) is 0 Å². The Labute approximate surface area is 168 Å². The van der Waals surface area contributed by atoms with E-state index in [9.17, 15) is 0 Å². The van der Waals surface area contributed by atoms with Crippen LogP contribution in [-0.4, -0.2) is 51.3 Å². The predicted molar refractivity (Wildman–Crippen MR) is 111 cm³/mol. The molecule has 0 atom stereocenters. The van der Waals surface area contributed by atoms with E-state index in [1.165, 1.54) is 0 Å². The molecule has 9 heteroatoms. The molecule has 3 aromatic heterocycles. The van der Waals surface area contributed by atoms with Crippen molar-refractivity contribution in [3.63, 3.8) is 0 Å². The van der Waals surface area contributed by atoms with Crippen LogP contribution in [0.15, 0.2) is 30.6 Å². The van der Waals surface area contributed by atoms with Gasteiger partial charge < -0.3 is 15.5 Å². The van der Waals surface area contributed by atoms with Gasteiger partial charge in [-0.1, -0.05) is 25.4 Å². The van der Waals surface area contributed by atoms with Crippen LogP contribution in [0.25, 0.3) is 11.3 Å². The van der Waals surface area contributed by atoms with Gasteiger partial charge in [0.25, 0.3) is 0 Å². The third kappa shape index (κ3) is 3.93. The van der Waals surface area contributed by atoms with Crippen molar-refractivity contribution in [2.45, 2.75) is 19.8 Å². The average molecular weight is 399 g/mol. The number of hydrogen-bond acceptors (Lipinski definition) is 7. The number of anilines is 3. The standard InChI is InChI=1S/C19H23ClN8/c1-12(2)17-16(18(20)27-26-17)14-5-6-22-19(24-14)25-15-4-3-13(11-23-15)28-9-7-21-8-10-28/h3-6,11-12,21H,7-10H2,1-2H3,(H,26,27)(H,22,23,24,25). The first-order valence-electron chi connectivity index (χ1n) is 9.37. The van der Waals surface area contributed by atoms with Crippen LogP contribution in [0.2, 0.25) is 5.15 Å². The molecule has 1 aliphatic heterocycles. The van der Waals surface area contributed by atoms with E-state index >= 15 is 0 Å². The Morgan fingerprint density at radius 1 is 1.14 bits per heavy atom. The minimum Gasteiger partial charge on any atom is -0.368 e. The van der Waals surface area contributed by atoms with Crippen LogP contribution < -0.4 is 15.5 Å². The monoisotopic (exact) mass is 398 g/mol. The van der Waals surface area contributed by atoms with Crippen molar-refractivity contribution >= 4 is 29.1 Å². The summed E-state index contributed by atoms with van der Waals surface area (Å²) >= 11 is 6.31. The molecule has 0 saturated carbocycles. The highest BCUT2D eigenvalue weighted by Gasteiger charge is 2.18. The molecule has 0 amide bonds. The molecule has 0 aromatic carbocycles. The van der Waals surface area contributed by atoms with Gasteiger partial charge in [0.05, 0.1) is 28.8 Å². The molecule has 0 radical (unpaired) electrons. The van der Waals surface area contributed by atoms with Crippen molar-refractivity contribution in [3.05, 3.63) is 41.4 Å². The Morgan fingerprint density at radius 3 is 2.68 bits per heavy atom. The van der Waals surface area contributed by atoms with E-state index in [0.29, 0.717) is 16.9 Å². The molecule has 4 heterocycles. The van der Waals surface area contributed by atoms with Crippen molar-refractivity contribution in [1.82, 2.24) is 30.5 Å². The Kier molecular flexibility index (Phi) is 5.40. The lowest BCUT2D eigenvalue weighted by molar-refractivity contribution is 0.589. The van der Waals surface area contributed by atoms with Gasteiger partial charge in [-0.2, -0.15) is 5.10 Å². The SMILES string of the molecule is CC(C)c1n[nH]c(Cl)c1-c1ccnc(Nc2ccc(N3CCNCC3)cn2)n1. The number of rotatable bonds is 5. The second-order valence-electron chi connectivity index (χ2n) is 6.98. The summed E-state index contributed by atoms with van der Waals surface area (Å²) in [5, 5.41) is 14.1. The fraction of sp³-hybridized carbons (Fsp3) is 0.368. The van der Waals surface area contributed by atoms with Gasteiger partial charge in [0.15, 0.2) is 0 Å². The van der Waals surface area contributed by atoms with Gasteiger partial charge in [0.2, 0.25) is 5.95 Å². The quantitative estimate of drug-likeness (QED) is 0.607. The summed E-state index contributed by atoms with van der Waals surface area (Å²) in [6, 6.07) is 5.83. The lowest BCUT2D eigenvalue weighted by atomic mass is 10.0. The van der Waals surface area contributed by atoms with Crippen LogP contribution in [-0.2, 0) is 0 Å². The first-order chi connectivity index (χ1) is 13.6. The molecular formula is C19H23ClN8. The Balaban J connectivity index is 1.53. The fourth-order valence-corrected chi connectivity index (χ4v) is 3.47. The normalized spacial score (nSPS) is 14.5. The molecule has 0 aliphatic carbocycles. The number of aromatic nitrogens is 5. The topological polar surface area (TPSA) is 94.7 Å². The van der Waals surface area contributed by atoms with Gasteiger partial charge in [-0.25, -0.2) is 15.0 Å². The Morgan fingerprint density at radius 2 is 1.96 bits per heavy atom. The van der Waals surface area contributed by atoms with Crippen molar-refractivity contribution < 1.29 is 0 Å². The Bertz CT molecular complexity index is 931. The number of nitrogens with one attached hydrogen (secondary N) is 3. The number of aromatic amines is 1. The number of nitrogens with zero attached hydrogens (tertiary/aromatic N) is 5. The summed E-state index contributed by atoms with van der Waals surface area (Å²) in [5.41, 5.74) is 3.53. The first kappa shape index (κ1) is 18.6. The van der Waals surface area contributed by atoms with Crippen molar-refractivity contribution in [1.29, 1.82) is 0 Å². The summed E-state index contributed by atoms with van der Waals surface area (Å²) in [4.78, 5) is 15.7. The summed E-state index contributed by atoms with van der Waals surface area (Å²) in [6.45, 7) is 8.11. The second-order valence-corrected chi connectivity index (χ2v) is 7.36. The molecule has 146 valence electrons. The van der Waals surface area contributed by atoms with Gasteiger partial charge in [0.1, 0.15) is 11.0 Å². The maximum Gasteiger partial charge on any atom is 0.228 e. The highest BCUT2D eigenvalue weighted by molar-refractivity contribution is 6.32. The molecule has 4 rings (SSSR count). The van der Waals surface area contributed by atoms with Crippen molar-refractivity contribution in [3.8, 4) is 11.3 Å². The van der Waals surface area contributed by atoms with Crippen LogP contribution in [0.4, 0.5) is 17.5 Å². The van der Waals surface area contributed by atoms with Crippen LogP contribution in [0.3, 0.4) is 0 Å². The molecule has 0 spiro atoms. The largest absolute Gasteiger partial charge is 0.368 e. The zero-order valence-electron chi connectivity index (χ0n) is 15.9. The van der Waals surface area contributed by atoms with E-state index in [4.69, 9.17) is 11.6 Å². The number of pyridine rings is 1. The summed E-state index contributed by atoms with van der Waals surface area (Å²) < 4.78 is 0. The van der Waals surface area contributed by atoms with Gasteiger partial charge in [-0.05, 0) is 24.1 Å². The van der Waals surface area contributed by atoms with Crippen LogP contribution in [0.5, 0.6) is 0 Å². The van der Waals surface area contributed by atoms with Gasteiger partial charge in [0, 0.05) is 32.4 Å². The molecule has 8 nitrogen and oxygen atoms in total. The smallest absolute Gasteiger partial charge is 0.228 e. The maximum absolute atomic E-state index is 6.31. The van der Waals surface area contributed by atoms with Gasteiger partial charge >= 0.3 is 0 Å². The minimum absolute atomic E-state index is 0.226. The third-order valence-corrected chi connectivity index (χ3v) is 4.95. The molecule has 1 aliphatic rings. The molecule has 28 heavy (non-hydrogen) atoms. The van der Waals surface area contributed by atoms with E-state index in [2.05, 4.69) is 60.6 Å². The third-order valence-electron chi connectivity index (χ3n) is 4.68. The lowest BCUT2D eigenvalue weighted by Gasteiger charge is -2.29. The molecule has 1 fully saturated rings. The summed E-state index contributed by atoms with van der Waals surface area (Å²) in [5.74, 6) is 1.38. The van der Waals surface area contributed by atoms with E-state index in [0.717, 1.165) is 48.8 Å². The molecule has 3 aromatic rings. The van der Waals surface area contributed by atoms with Crippen LogP contribution >= 0.6 is 11.6 Å². The summed E-state index contributed by atoms with van der Waals surface area (Å²) in [6.07, 6.45) is 3.58. The number of piperazine rings is 1. The van der Waals surface area contributed by atoms with Gasteiger partial charge in [-0.15, -0.1) is 0 Å². The fourth-order valence-electron chi connectivity index (χ4n) is 3.24. The first-order valence-corrected chi connectivity index (χ1v) is 9.75. The highest BCUT2D eigenvalue weighted by Crippen LogP contribution is 2.32. The van der Waals surface area contributed by atoms with Crippen molar-refractivity contribution in [2.75, 3.05) is 36.4 Å². The minimum atomic E-state index is 0.226. The van der Waals surface area contributed by atoms with E-state index in [-0.39, 0.29) is 5.92 Å². The number of halogens is 1. The van der Waals surface area contributed by atoms with E-state index in [1.807, 2.05) is 18.3 Å². The average Bonchev–Trinajstić information content (AvgIpc) is 3.11. The zero-order chi connectivity index (χ0) is 19.5. The molecular weight excluding hydrogens is 376 g/mol. The lowest BCUT2D eigenvalue weighted by Crippen LogP contribution is -2.43. The Hall–Kier alpha value is -2.71. The zero-order valence-corrected chi connectivity index (χ0v) is 16.7. The van der Waals surface area contributed by atoms with E-state index in [1.54, 1.807) is 6.20 Å². The number of H-pyrrole nitrogens is 1.